The molecule has 36 heavy (non-hydrogen) atoms. The Kier molecular flexibility index (Phi) is 9.08. The quantitative estimate of drug-likeness (QED) is 0.257. The maximum atomic E-state index is 9.10. The number of anilines is 2. The highest BCUT2D eigenvalue weighted by Gasteiger charge is 2.21. The van der Waals surface area contributed by atoms with E-state index >= 15 is 0 Å². The van der Waals surface area contributed by atoms with Crippen molar-refractivity contribution in [3.63, 3.8) is 0 Å². The molecule has 8 nitrogen and oxygen atoms in total. The van der Waals surface area contributed by atoms with Gasteiger partial charge in [0.1, 0.15) is 5.75 Å². The Morgan fingerprint density at radius 3 is 2.42 bits per heavy atom. The molecule has 188 valence electrons. The molecule has 0 aliphatic rings. The average molecular weight is 548 g/mol. The lowest BCUT2D eigenvalue weighted by molar-refractivity contribution is -0.159. The molecule has 0 bridgehead atoms. The largest absolute Gasteiger partial charge is 0.497 e. The Bertz CT molecular complexity index is 1400. The molecule has 0 radical (unpaired) electrons. The van der Waals surface area contributed by atoms with E-state index in [0.717, 1.165) is 56.4 Å². The summed E-state index contributed by atoms with van der Waals surface area (Å²) in [5, 5.41) is 19.1. The van der Waals surface area contributed by atoms with Gasteiger partial charge >= 0.3 is 11.9 Å². The fraction of sp³-hybridized carbons (Fsp3) is 0.200. The van der Waals surface area contributed by atoms with Crippen LogP contribution in [0.5, 0.6) is 5.75 Å². The smallest absolute Gasteiger partial charge is 0.414 e. The van der Waals surface area contributed by atoms with Gasteiger partial charge in [-0.25, -0.2) is 14.6 Å². The molecule has 0 aliphatic carbocycles. The predicted octanol–water partition coefficient (Wildman–Crippen LogP) is 6.69. The number of carboxylic acids is 2. The van der Waals surface area contributed by atoms with Crippen molar-refractivity contribution >= 4 is 68.1 Å². The van der Waals surface area contributed by atoms with Gasteiger partial charge in [0, 0.05) is 40.2 Å². The number of carbonyl (C=O) groups is 2. The molecule has 0 atom stereocenters. The number of hydrogen-bond donors (Lipinski definition) is 2. The summed E-state index contributed by atoms with van der Waals surface area (Å²) in [4.78, 5) is 30.7. The van der Waals surface area contributed by atoms with E-state index in [-0.39, 0.29) is 0 Å². The number of aryl methyl sites for hydroxylation is 1. The number of rotatable bonds is 6. The Labute approximate surface area is 221 Å². The third-order valence-corrected chi connectivity index (χ3v) is 6.70. The van der Waals surface area contributed by atoms with Crippen molar-refractivity contribution in [2.75, 3.05) is 18.6 Å². The molecule has 2 aromatic carbocycles. The van der Waals surface area contributed by atoms with E-state index in [4.69, 9.17) is 52.7 Å². The van der Waals surface area contributed by atoms with E-state index < -0.39 is 11.9 Å². The highest BCUT2D eigenvalue weighted by Crippen LogP contribution is 2.43. The lowest BCUT2D eigenvalue weighted by Crippen LogP contribution is -2.18. The van der Waals surface area contributed by atoms with Gasteiger partial charge in [0.25, 0.3) is 0 Å². The molecule has 11 heteroatoms. The zero-order valence-corrected chi connectivity index (χ0v) is 22.0. The first-order chi connectivity index (χ1) is 17.2. The number of hydrogen-bond acceptors (Lipinski definition) is 7. The van der Waals surface area contributed by atoms with Crippen LogP contribution < -0.4 is 9.64 Å². The number of aromatic nitrogens is 2. The molecular weight excluding hydrogens is 525 g/mol. The maximum absolute atomic E-state index is 9.10. The zero-order valence-electron chi connectivity index (χ0n) is 19.7. The first-order valence-corrected chi connectivity index (χ1v) is 12.3. The molecule has 0 spiro atoms. The van der Waals surface area contributed by atoms with Crippen LogP contribution in [-0.2, 0) is 9.59 Å². The van der Waals surface area contributed by atoms with Crippen LogP contribution in [-0.4, -0.2) is 45.8 Å². The van der Waals surface area contributed by atoms with E-state index in [2.05, 4.69) is 23.7 Å². The van der Waals surface area contributed by atoms with Crippen LogP contribution in [0.4, 0.5) is 10.8 Å². The van der Waals surface area contributed by atoms with Crippen molar-refractivity contribution in [1.82, 2.24) is 9.97 Å². The Morgan fingerprint density at radius 2 is 1.81 bits per heavy atom. The zero-order chi connectivity index (χ0) is 26.4. The molecule has 0 unspecified atom stereocenters. The normalized spacial score (nSPS) is 10.5. The molecule has 0 saturated heterocycles. The van der Waals surface area contributed by atoms with Gasteiger partial charge in [0.15, 0.2) is 5.13 Å². The van der Waals surface area contributed by atoms with E-state index in [1.165, 1.54) is 0 Å². The molecular formula is C25H23Cl2N3O5S. The highest BCUT2D eigenvalue weighted by atomic mass is 35.5. The van der Waals surface area contributed by atoms with Crippen molar-refractivity contribution in [2.24, 2.45) is 0 Å². The molecule has 2 heterocycles. The van der Waals surface area contributed by atoms with Crippen LogP contribution in [0, 0.1) is 6.92 Å². The van der Waals surface area contributed by atoms with Crippen molar-refractivity contribution in [1.29, 1.82) is 0 Å². The minimum atomic E-state index is -1.82. The number of pyridine rings is 1. The number of aliphatic carboxylic acids is 2. The summed E-state index contributed by atoms with van der Waals surface area (Å²) in [6.07, 6.45) is 4.60. The molecule has 0 aliphatic heterocycles. The lowest BCUT2D eigenvalue weighted by atomic mass is 10.1. The number of halogens is 2. The van der Waals surface area contributed by atoms with Gasteiger partial charge in [-0.05, 0) is 43.7 Å². The van der Waals surface area contributed by atoms with Gasteiger partial charge in [-0.3, -0.25) is 4.98 Å². The third-order valence-electron chi connectivity index (χ3n) is 5.09. The van der Waals surface area contributed by atoms with E-state index in [1.807, 2.05) is 42.6 Å². The number of fused-ring (bicyclic) bond motifs is 1. The van der Waals surface area contributed by atoms with Gasteiger partial charge in [0.2, 0.25) is 0 Å². The lowest BCUT2D eigenvalue weighted by Gasteiger charge is -2.24. The fourth-order valence-corrected chi connectivity index (χ4v) is 4.97. The third kappa shape index (κ3) is 6.04. The minimum absolute atomic E-state index is 0.616. The average Bonchev–Trinajstić information content (AvgIpc) is 3.24. The van der Waals surface area contributed by atoms with Crippen LogP contribution in [0.25, 0.3) is 22.0 Å². The van der Waals surface area contributed by atoms with Gasteiger partial charge in [-0.2, -0.15) is 0 Å². The van der Waals surface area contributed by atoms with Crippen molar-refractivity contribution in [3.8, 4) is 17.0 Å². The molecule has 4 rings (SSSR count). The summed E-state index contributed by atoms with van der Waals surface area (Å²) in [5.74, 6) is -2.93. The van der Waals surface area contributed by atoms with Crippen molar-refractivity contribution < 1.29 is 24.5 Å². The van der Waals surface area contributed by atoms with Crippen LogP contribution in [0.3, 0.4) is 0 Å². The molecule has 0 amide bonds. The van der Waals surface area contributed by atoms with Crippen LogP contribution in [0.1, 0.15) is 18.2 Å². The summed E-state index contributed by atoms with van der Waals surface area (Å²) in [7, 11) is 1.63. The SMILES string of the molecule is CCCN(c1nc(-c2ccc(OC)cc2Cl)c(C)s1)c1c(Cl)ccc2cnccc12.O=C(O)C(=O)O. The predicted molar refractivity (Wildman–Crippen MR) is 143 cm³/mol. The maximum Gasteiger partial charge on any atom is 0.414 e. The summed E-state index contributed by atoms with van der Waals surface area (Å²) in [5.41, 5.74) is 2.73. The molecule has 4 aromatic rings. The summed E-state index contributed by atoms with van der Waals surface area (Å²) < 4.78 is 5.27. The van der Waals surface area contributed by atoms with Gasteiger partial charge in [-0.1, -0.05) is 36.2 Å². The minimum Gasteiger partial charge on any atom is -0.497 e. The standard InChI is InChI=1S/C23H21Cl2N3OS.C2H2O4/c1-4-11-28(22-17-9-10-26-13-15(17)5-8-19(22)24)23-27-21(14(2)30-23)18-7-6-16(29-3)12-20(18)25;3-1(4)2(5)6/h5-10,12-13H,4,11H2,1-3H3;(H,3,4)(H,5,6). The van der Waals surface area contributed by atoms with Crippen molar-refractivity contribution in [3.05, 3.63) is 63.7 Å². The Hall–Kier alpha value is -3.40. The number of ether oxygens (including phenoxy) is 1. The number of benzene rings is 2. The Morgan fingerprint density at radius 1 is 1.08 bits per heavy atom. The second-order valence-electron chi connectivity index (χ2n) is 7.50. The van der Waals surface area contributed by atoms with Crippen LogP contribution >= 0.6 is 34.5 Å². The van der Waals surface area contributed by atoms with Crippen LogP contribution in [0.15, 0.2) is 48.8 Å². The van der Waals surface area contributed by atoms with Gasteiger partial charge in [0.05, 0.1) is 28.5 Å². The molecule has 0 fully saturated rings. The molecule has 2 aromatic heterocycles. The van der Waals surface area contributed by atoms with Crippen LogP contribution in [0.2, 0.25) is 10.0 Å². The molecule has 0 saturated carbocycles. The van der Waals surface area contributed by atoms with E-state index in [1.54, 1.807) is 24.6 Å². The second-order valence-corrected chi connectivity index (χ2v) is 9.50. The topological polar surface area (TPSA) is 113 Å². The van der Waals surface area contributed by atoms with Gasteiger partial charge < -0.3 is 19.8 Å². The molecule has 2 N–H and O–H groups in total. The first-order valence-electron chi connectivity index (χ1n) is 10.7. The van der Waals surface area contributed by atoms with E-state index in [9.17, 15) is 0 Å². The summed E-state index contributed by atoms with van der Waals surface area (Å²) >= 11 is 14.9. The number of nitrogens with zero attached hydrogens (tertiary/aromatic N) is 3. The number of carboxylic acid groups (broad SMARTS) is 2. The Balaban J connectivity index is 0.000000538. The number of methoxy groups -OCH3 is 1. The fourth-order valence-electron chi connectivity index (χ4n) is 3.49. The monoisotopic (exact) mass is 547 g/mol. The first kappa shape index (κ1) is 27.2. The van der Waals surface area contributed by atoms with Gasteiger partial charge in [-0.15, -0.1) is 11.3 Å². The van der Waals surface area contributed by atoms with Crippen molar-refractivity contribution in [2.45, 2.75) is 20.3 Å². The highest BCUT2D eigenvalue weighted by molar-refractivity contribution is 7.16. The van der Waals surface area contributed by atoms with E-state index in [0.29, 0.717) is 10.0 Å². The second kappa shape index (κ2) is 12.0. The summed E-state index contributed by atoms with van der Waals surface area (Å²) in [6.45, 7) is 5.01. The summed E-state index contributed by atoms with van der Waals surface area (Å²) in [6, 6.07) is 11.6. The number of thiazole rings is 1.